The first-order chi connectivity index (χ1) is 13.5. The normalized spacial score (nSPS) is 10.6. The molecular formula is C21H21ClN2O3S. The molecule has 0 aliphatic carbocycles. The Balaban J connectivity index is 1.67. The quantitative estimate of drug-likeness (QED) is 0.546. The fourth-order valence-electron chi connectivity index (χ4n) is 2.72. The summed E-state index contributed by atoms with van der Waals surface area (Å²) in [4.78, 5) is 19.7. The number of aryl methyl sites for hydroxylation is 1. The SMILES string of the molecule is COc1ccccc1CN(C)C(=O)c1sc(COc2ccc(Cl)cc2)nc1C. The number of rotatable bonds is 7. The third-order valence-corrected chi connectivity index (χ3v) is 5.53. The summed E-state index contributed by atoms with van der Waals surface area (Å²) < 4.78 is 11.1. The molecule has 0 saturated carbocycles. The minimum Gasteiger partial charge on any atom is -0.496 e. The molecule has 0 bridgehead atoms. The zero-order valence-corrected chi connectivity index (χ0v) is 17.5. The molecule has 1 heterocycles. The fraction of sp³-hybridized carbons (Fsp3) is 0.238. The number of hydrogen-bond acceptors (Lipinski definition) is 5. The van der Waals surface area contributed by atoms with E-state index in [2.05, 4.69) is 4.98 Å². The summed E-state index contributed by atoms with van der Waals surface area (Å²) in [7, 11) is 3.40. The molecule has 2 aromatic carbocycles. The molecule has 0 N–H and O–H groups in total. The Hall–Kier alpha value is -2.57. The number of thiazole rings is 1. The second-order valence-electron chi connectivity index (χ2n) is 6.24. The first-order valence-corrected chi connectivity index (χ1v) is 9.89. The number of methoxy groups -OCH3 is 1. The second-order valence-corrected chi connectivity index (χ2v) is 7.76. The van der Waals surface area contributed by atoms with Gasteiger partial charge in [-0.25, -0.2) is 4.98 Å². The molecular weight excluding hydrogens is 396 g/mol. The third-order valence-electron chi connectivity index (χ3n) is 4.16. The van der Waals surface area contributed by atoms with Gasteiger partial charge in [0.05, 0.1) is 12.8 Å². The number of para-hydroxylation sites is 1. The summed E-state index contributed by atoms with van der Waals surface area (Å²) in [5.41, 5.74) is 1.66. The molecule has 5 nitrogen and oxygen atoms in total. The highest BCUT2D eigenvalue weighted by Crippen LogP contribution is 2.24. The maximum absolute atomic E-state index is 12.9. The number of benzene rings is 2. The van der Waals surface area contributed by atoms with Gasteiger partial charge in [0.2, 0.25) is 0 Å². The minimum absolute atomic E-state index is 0.0707. The first kappa shape index (κ1) is 20.2. The monoisotopic (exact) mass is 416 g/mol. The van der Waals surface area contributed by atoms with Gasteiger partial charge in [0.15, 0.2) is 0 Å². The molecule has 0 aliphatic rings. The maximum atomic E-state index is 12.9. The molecule has 7 heteroatoms. The Labute approximate surface area is 173 Å². The number of carbonyl (C=O) groups excluding carboxylic acids is 1. The lowest BCUT2D eigenvalue weighted by Gasteiger charge is -2.18. The van der Waals surface area contributed by atoms with Gasteiger partial charge in [-0.3, -0.25) is 4.79 Å². The summed E-state index contributed by atoms with van der Waals surface area (Å²) >= 11 is 7.23. The lowest BCUT2D eigenvalue weighted by molar-refractivity contribution is 0.0788. The molecule has 0 fully saturated rings. The molecule has 0 saturated heterocycles. The molecule has 0 radical (unpaired) electrons. The van der Waals surface area contributed by atoms with Crippen LogP contribution in [0.25, 0.3) is 0 Å². The van der Waals surface area contributed by atoms with E-state index in [1.165, 1.54) is 11.3 Å². The van der Waals surface area contributed by atoms with Crippen LogP contribution in [-0.4, -0.2) is 29.9 Å². The lowest BCUT2D eigenvalue weighted by Crippen LogP contribution is -2.26. The number of amides is 1. The third kappa shape index (κ3) is 4.82. The van der Waals surface area contributed by atoms with Crippen LogP contribution < -0.4 is 9.47 Å². The zero-order valence-electron chi connectivity index (χ0n) is 15.9. The van der Waals surface area contributed by atoms with E-state index in [4.69, 9.17) is 21.1 Å². The van der Waals surface area contributed by atoms with Crippen LogP contribution in [-0.2, 0) is 13.2 Å². The van der Waals surface area contributed by atoms with Crippen molar-refractivity contribution >= 4 is 28.8 Å². The molecule has 0 unspecified atom stereocenters. The van der Waals surface area contributed by atoms with E-state index < -0.39 is 0 Å². The van der Waals surface area contributed by atoms with Crippen LogP contribution in [0.15, 0.2) is 48.5 Å². The predicted molar refractivity (Wildman–Crippen MR) is 111 cm³/mol. The number of ether oxygens (including phenoxy) is 2. The summed E-state index contributed by atoms with van der Waals surface area (Å²) in [5, 5.41) is 1.41. The zero-order chi connectivity index (χ0) is 20.1. The molecule has 1 aromatic heterocycles. The van der Waals surface area contributed by atoms with Gasteiger partial charge < -0.3 is 14.4 Å². The van der Waals surface area contributed by atoms with Gasteiger partial charge in [-0.1, -0.05) is 29.8 Å². The van der Waals surface area contributed by atoms with Crippen molar-refractivity contribution < 1.29 is 14.3 Å². The maximum Gasteiger partial charge on any atom is 0.265 e. The molecule has 0 aliphatic heterocycles. The van der Waals surface area contributed by atoms with E-state index in [1.54, 1.807) is 43.3 Å². The van der Waals surface area contributed by atoms with Crippen molar-refractivity contribution in [3.05, 3.63) is 74.7 Å². The molecule has 0 spiro atoms. The van der Waals surface area contributed by atoms with Crippen molar-refractivity contribution in [1.82, 2.24) is 9.88 Å². The summed E-state index contributed by atoms with van der Waals surface area (Å²) in [5.74, 6) is 1.40. The summed E-state index contributed by atoms with van der Waals surface area (Å²) in [6.45, 7) is 2.60. The number of nitrogens with zero attached hydrogens (tertiary/aromatic N) is 2. The van der Waals surface area contributed by atoms with Crippen LogP contribution >= 0.6 is 22.9 Å². The molecule has 28 heavy (non-hydrogen) atoms. The van der Waals surface area contributed by atoms with Crippen LogP contribution in [0.3, 0.4) is 0 Å². The highest BCUT2D eigenvalue weighted by Gasteiger charge is 2.20. The Kier molecular flexibility index (Phi) is 6.54. The Morgan fingerprint density at radius 2 is 1.89 bits per heavy atom. The van der Waals surface area contributed by atoms with Crippen LogP contribution in [0.4, 0.5) is 0 Å². The summed E-state index contributed by atoms with van der Waals surface area (Å²) in [6.07, 6.45) is 0. The first-order valence-electron chi connectivity index (χ1n) is 8.70. The van der Waals surface area contributed by atoms with Gasteiger partial charge in [0.1, 0.15) is 28.0 Å². The van der Waals surface area contributed by atoms with E-state index in [-0.39, 0.29) is 5.91 Å². The predicted octanol–water partition coefficient (Wildman–Crippen LogP) is 4.96. The Bertz CT molecular complexity index is 957. The van der Waals surface area contributed by atoms with E-state index in [9.17, 15) is 4.79 Å². The molecule has 1 amide bonds. The standard InChI is InChI=1S/C21H21ClN2O3S/c1-14-20(21(25)24(2)12-15-6-4-5-7-18(15)26-3)28-19(23-14)13-27-17-10-8-16(22)9-11-17/h4-11H,12-13H2,1-3H3. The van der Waals surface area contributed by atoms with Crippen molar-refractivity contribution in [3.63, 3.8) is 0 Å². The van der Waals surface area contributed by atoms with E-state index in [0.717, 1.165) is 16.3 Å². The molecule has 0 atom stereocenters. The fourth-order valence-corrected chi connectivity index (χ4v) is 3.82. The number of halogens is 1. The summed E-state index contributed by atoms with van der Waals surface area (Å²) in [6, 6.07) is 14.8. The largest absolute Gasteiger partial charge is 0.496 e. The van der Waals surface area contributed by atoms with Crippen LogP contribution in [0.1, 0.15) is 25.9 Å². The molecule has 3 aromatic rings. The highest BCUT2D eigenvalue weighted by atomic mass is 35.5. The van der Waals surface area contributed by atoms with E-state index >= 15 is 0 Å². The van der Waals surface area contributed by atoms with Crippen LogP contribution in [0.5, 0.6) is 11.5 Å². The van der Waals surface area contributed by atoms with E-state index in [1.807, 2.05) is 31.2 Å². The lowest BCUT2D eigenvalue weighted by atomic mass is 10.2. The highest BCUT2D eigenvalue weighted by molar-refractivity contribution is 7.13. The number of carbonyl (C=O) groups is 1. The topological polar surface area (TPSA) is 51.7 Å². The van der Waals surface area contributed by atoms with Gasteiger partial charge in [-0.15, -0.1) is 11.3 Å². The molecule has 3 rings (SSSR count). The van der Waals surface area contributed by atoms with Gasteiger partial charge in [-0.2, -0.15) is 0 Å². The van der Waals surface area contributed by atoms with Crippen molar-refractivity contribution in [2.24, 2.45) is 0 Å². The second kappa shape index (κ2) is 9.08. The van der Waals surface area contributed by atoms with Crippen molar-refractivity contribution in [2.75, 3.05) is 14.2 Å². The number of hydrogen-bond donors (Lipinski definition) is 0. The molecule has 146 valence electrons. The van der Waals surface area contributed by atoms with E-state index in [0.29, 0.717) is 34.5 Å². The van der Waals surface area contributed by atoms with Crippen molar-refractivity contribution in [2.45, 2.75) is 20.1 Å². The smallest absolute Gasteiger partial charge is 0.265 e. The van der Waals surface area contributed by atoms with Crippen LogP contribution in [0, 0.1) is 6.92 Å². The van der Waals surface area contributed by atoms with Gasteiger partial charge in [0, 0.05) is 24.2 Å². The average molecular weight is 417 g/mol. The van der Waals surface area contributed by atoms with Crippen LogP contribution in [0.2, 0.25) is 5.02 Å². The van der Waals surface area contributed by atoms with Gasteiger partial charge in [0.25, 0.3) is 5.91 Å². The minimum atomic E-state index is -0.0707. The number of aromatic nitrogens is 1. The van der Waals surface area contributed by atoms with Crippen molar-refractivity contribution in [1.29, 1.82) is 0 Å². The average Bonchev–Trinajstić information content (AvgIpc) is 3.08. The Morgan fingerprint density at radius 1 is 1.18 bits per heavy atom. The van der Waals surface area contributed by atoms with Gasteiger partial charge in [-0.05, 0) is 37.3 Å². The van der Waals surface area contributed by atoms with Crippen molar-refractivity contribution in [3.8, 4) is 11.5 Å². The van der Waals surface area contributed by atoms with Gasteiger partial charge >= 0.3 is 0 Å². The Morgan fingerprint density at radius 3 is 2.61 bits per heavy atom.